The molecule has 0 saturated heterocycles. The van der Waals surface area contributed by atoms with Gasteiger partial charge in [-0.05, 0) is 57.8 Å². The zero-order valence-electron chi connectivity index (χ0n) is 33.3. The van der Waals surface area contributed by atoms with E-state index in [4.69, 9.17) is 24.8 Å². The van der Waals surface area contributed by atoms with Crippen LogP contribution >= 0.6 is 7.82 Å². The number of nitrogens with two attached hydrogens (primary N) is 1. The van der Waals surface area contributed by atoms with Gasteiger partial charge in [0.05, 0.1) is 13.2 Å². The van der Waals surface area contributed by atoms with Crippen LogP contribution in [0.25, 0.3) is 0 Å². The van der Waals surface area contributed by atoms with Crippen molar-refractivity contribution in [3.8, 4) is 0 Å². The average Bonchev–Trinajstić information content (AvgIpc) is 3.14. The molecular formula is C42H72NO10P. The van der Waals surface area contributed by atoms with Gasteiger partial charge in [0.2, 0.25) is 0 Å². The molecule has 1 unspecified atom stereocenters. The smallest absolute Gasteiger partial charge is 0.472 e. The Kier molecular flexibility index (Phi) is 35.2. The van der Waals surface area contributed by atoms with Crippen molar-refractivity contribution >= 4 is 25.7 Å². The third-order valence-electron chi connectivity index (χ3n) is 8.34. The minimum atomic E-state index is -4.72. The molecule has 0 aliphatic rings. The number of allylic oxidation sites excluding steroid dienone is 10. The molecule has 310 valence electrons. The fourth-order valence-electron chi connectivity index (χ4n) is 5.13. The summed E-state index contributed by atoms with van der Waals surface area (Å²) >= 11 is 0. The number of hydrogen-bond acceptors (Lipinski definition) is 9. The maximum absolute atomic E-state index is 12.6. The predicted octanol–water partition coefficient (Wildman–Crippen LogP) is 10.4. The molecule has 11 nitrogen and oxygen atoms in total. The molecule has 0 heterocycles. The Hall–Kier alpha value is -2.82. The van der Waals surface area contributed by atoms with Crippen molar-refractivity contribution in [2.45, 2.75) is 167 Å². The van der Waals surface area contributed by atoms with Crippen LogP contribution in [0, 0.1) is 0 Å². The topological polar surface area (TPSA) is 172 Å². The first-order valence-corrected chi connectivity index (χ1v) is 21.9. The summed E-state index contributed by atoms with van der Waals surface area (Å²) in [6, 6.07) is -1.53. The molecule has 4 N–H and O–H groups in total. The van der Waals surface area contributed by atoms with Crippen molar-refractivity contribution in [2.75, 3.05) is 19.8 Å². The Morgan fingerprint density at radius 2 is 1.06 bits per heavy atom. The summed E-state index contributed by atoms with van der Waals surface area (Å²) in [5.41, 5.74) is 5.32. The first kappa shape index (κ1) is 51.2. The lowest BCUT2D eigenvalue weighted by Gasteiger charge is -2.20. The van der Waals surface area contributed by atoms with Crippen LogP contribution in [0.2, 0.25) is 0 Å². The van der Waals surface area contributed by atoms with Crippen molar-refractivity contribution in [3.05, 3.63) is 60.8 Å². The molecule has 0 amide bonds. The zero-order valence-corrected chi connectivity index (χ0v) is 34.2. The number of unbranched alkanes of at least 4 members (excludes halogenated alkanes) is 16. The third kappa shape index (κ3) is 36.2. The van der Waals surface area contributed by atoms with E-state index in [1.54, 1.807) is 0 Å². The SMILES string of the molecule is CC/C=C/C=C/C=C/C=C/CCCCCCCC(=O)OC[C@H](COP(=O)(O)OC[C@H](N)C(=O)O)OC(=O)CCCCCCC/C=C/CCCCCCCC. The number of phosphoric ester groups is 1. The molecule has 0 aliphatic carbocycles. The standard InChI is InChI=1S/C42H72NO10P/c1-3-5-7-9-11-13-15-17-19-21-23-25-27-29-31-33-40(44)50-35-38(36-51-54(48,49)52-37-39(43)42(46)47)53-41(45)34-32-30-28-26-24-22-20-18-16-14-12-10-8-6-4-2/h5,7,9,11,13,15,17-20,38-39H,3-4,6,8,10,12,14,16,21-37,43H2,1-2H3,(H,46,47)(H,48,49)/b7-5+,11-9+,15-13+,19-17+,20-18+/t38-,39+/m1/s1. The number of carboxylic acid groups (broad SMARTS) is 1. The van der Waals surface area contributed by atoms with E-state index in [2.05, 4.69) is 42.7 Å². The van der Waals surface area contributed by atoms with Gasteiger partial charge in [0, 0.05) is 12.8 Å². The highest BCUT2D eigenvalue weighted by atomic mass is 31.2. The lowest BCUT2D eigenvalue weighted by atomic mass is 10.1. The van der Waals surface area contributed by atoms with Crippen molar-refractivity contribution in [1.29, 1.82) is 0 Å². The van der Waals surface area contributed by atoms with Crippen LogP contribution in [0.5, 0.6) is 0 Å². The molecule has 12 heteroatoms. The number of esters is 2. The molecule has 0 aromatic carbocycles. The molecule has 0 bridgehead atoms. The molecule has 0 fully saturated rings. The Labute approximate surface area is 326 Å². The highest BCUT2D eigenvalue weighted by Crippen LogP contribution is 2.43. The molecule has 0 aliphatic heterocycles. The van der Waals surface area contributed by atoms with E-state index in [0.717, 1.165) is 77.0 Å². The van der Waals surface area contributed by atoms with Crippen LogP contribution in [-0.4, -0.2) is 59.9 Å². The van der Waals surface area contributed by atoms with E-state index in [-0.39, 0.29) is 19.4 Å². The van der Waals surface area contributed by atoms with E-state index in [1.807, 2.05) is 36.5 Å². The van der Waals surface area contributed by atoms with Crippen LogP contribution in [-0.2, 0) is 37.5 Å². The maximum atomic E-state index is 12.6. The molecule has 0 radical (unpaired) electrons. The third-order valence-corrected chi connectivity index (χ3v) is 9.29. The van der Waals surface area contributed by atoms with Crippen molar-refractivity contribution in [1.82, 2.24) is 0 Å². The van der Waals surface area contributed by atoms with Crippen LogP contribution in [0.4, 0.5) is 0 Å². The number of rotatable bonds is 37. The number of carbonyl (C=O) groups is 3. The molecule has 54 heavy (non-hydrogen) atoms. The van der Waals surface area contributed by atoms with Gasteiger partial charge in [-0.2, -0.15) is 0 Å². The minimum Gasteiger partial charge on any atom is -0.480 e. The van der Waals surface area contributed by atoms with E-state index in [1.165, 1.54) is 38.5 Å². The second-order valence-corrected chi connectivity index (χ2v) is 14.9. The normalized spacial score (nSPS) is 14.4. The Morgan fingerprint density at radius 1 is 0.593 bits per heavy atom. The van der Waals surface area contributed by atoms with E-state index in [0.29, 0.717) is 12.8 Å². The maximum Gasteiger partial charge on any atom is 0.472 e. The van der Waals surface area contributed by atoms with Gasteiger partial charge in [0.25, 0.3) is 0 Å². The van der Waals surface area contributed by atoms with Crippen molar-refractivity contribution in [3.63, 3.8) is 0 Å². The summed E-state index contributed by atoms with van der Waals surface area (Å²) in [7, 11) is -4.72. The van der Waals surface area contributed by atoms with Crippen molar-refractivity contribution in [2.24, 2.45) is 5.73 Å². The molecule has 0 rings (SSSR count). The predicted molar refractivity (Wildman–Crippen MR) is 217 cm³/mol. The largest absolute Gasteiger partial charge is 0.480 e. The highest BCUT2D eigenvalue weighted by molar-refractivity contribution is 7.47. The first-order valence-electron chi connectivity index (χ1n) is 20.4. The fourth-order valence-corrected chi connectivity index (χ4v) is 5.91. The number of aliphatic carboxylic acids is 1. The van der Waals surface area contributed by atoms with Crippen LogP contribution < -0.4 is 5.73 Å². The molecule has 0 saturated carbocycles. The highest BCUT2D eigenvalue weighted by Gasteiger charge is 2.28. The van der Waals surface area contributed by atoms with E-state index >= 15 is 0 Å². The van der Waals surface area contributed by atoms with Crippen LogP contribution in [0.3, 0.4) is 0 Å². The molecular weight excluding hydrogens is 709 g/mol. The number of ether oxygens (including phenoxy) is 2. The minimum absolute atomic E-state index is 0.143. The lowest BCUT2D eigenvalue weighted by molar-refractivity contribution is -0.161. The molecule has 0 aromatic rings. The number of phosphoric acid groups is 1. The monoisotopic (exact) mass is 781 g/mol. The number of carbonyl (C=O) groups excluding carboxylic acids is 2. The second-order valence-electron chi connectivity index (χ2n) is 13.5. The number of hydrogen-bond donors (Lipinski definition) is 3. The van der Waals surface area contributed by atoms with E-state index < -0.39 is 51.1 Å². The summed E-state index contributed by atoms with van der Waals surface area (Å²) in [4.78, 5) is 45.9. The summed E-state index contributed by atoms with van der Waals surface area (Å²) in [5.74, 6) is -2.43. The van der Waals surface area contributed by atoms with Gasteiger partial charge in [0.15, 0.2) is 6.10 Å². The summed E-state index contributed by atoms with van der Waals surface area (Å²) in [6.45, 7) is 2.61. The molecule has 0 spiro atoms. The average molecular weight is 782 g/mol. The van der Waals surface area contributed by atoms with Gasteiger partial charge < -0.3 is 25.2 Å². The molecule has 3 atom stereocenters. The van der Waals surface area contributed by atoms with Gasteiger partial charge in [-0.3, -0.25) is 23.4 Å². The van der Waals surface area contributed by atoms with E-state index in [9.17, 15) is 23.8 Å². The van der Waals surface area contributed by atoms with Gasteiger partial charge >= 0.3 is 25.7 Å². The van der Waals surface area contributed by atoms with Gasteiger partial charge in [-0.25, -0.2) is 4.57 Å². The van der Waals surface area contributed by atoms with Crippen molar-refractivity contribution < 1.29 is 47.5 Å². The first-order chi connectivity index (χ1) is 26.1. The zero-order chi connectivity index (χ0) is 40.0. The summed E-state index contributed by atoms with van der Waals surface area (Å²) in [6.07, 6.45) is 41.4. The fraction of sp³-hybridized carbons (Fsp3) is 0.690. The van der Waals surface area contributed by atoms with Gasteiger partial charge in [0.1, 0.15) is 12.6 Å². The van der Waals surface area contributed by atoms with Crippen LogP contribution in [0.15, 0.2) is 60.8 Å². The summed E-state index contributed by atoms with van der Waals surface area (Å²) < 4.78 is 32.6. The number of carboxylic acids is 1. The Balaban J connectivity index is 4.47. The molecule has 0 aromatic heterocycles. The quantitative estimate of drug-likeness (QED) is 0.0180. The second kappa shape index (κ2) is 37.1. The summed E-state index contributed by atoms with van der Waals surface area (Å²) in [5, 5.41) is 8.87. The van der Waals surface area contributed by atoms with Crippen LogP contribution in [0.1, 0.15) is 155 Å². The Morgan fingerprint density at radius 3 is 1.61 bits per heavy atom. The lowest BCUT2D eigenvalue weighted by Crippen LogP contribution is -2.34. The van der Waals surface area contributed by atoms with Gasteiger partial charge in [-0.15, -0.1) is 0 Å². The van der Waals surface area contributed by atoms with Gasteiger partial charge in [-0.1, -0.05) is 145 Å². The Bertz CT molecular complexity index is 1150.